The van der Waals surface area contributed by atoms with Crippen LogP contribution in [0.1, 0.15) is 20.3 Å². The first-order valence-electron chi connectivity index (χ1n) is 5.50. The van der Waals surface area contributed by atoms with Gasteiger partial charge in [-0.3, -0.25) is 0 Å². The van der Waals surface area contributed by atoms with Crippen LogP contribution >= 0.6 is 0 Å². The molecule has 0 aliphatic rings. The van der Waals surface area contributed by atoms with Gasteiger partial charge in [-0.15, -0.1) is 0 Å². The van der Waals surface area contributed by atoms with Crippen LogP contribution in [0.5, 0.6) is 0 Å². The molecule has 1 aromatic heterocycles. The molecule has 96 valence electrons. The van der Waals surface area contributed by atoms with Crippen LogP contribution in [0.2, 0.25) is 0 Å². The molecule has 6 heteroatoms. The molecule has 0 bridgehead atoms. The normalized spacial score (nSPS) is 15.5. The number of hydrogen-bond donors (Lipinski definition) is 2. The first kappa shape index (κ1) is 14.1. The molecular weight excluding hydrogens is 240 g/mol. The van der Waals surface area contributed by atoms with Gasteiger partial charge in [0.15, 0.2) is 5.03 Å². The Labute approximate surface area is 102 Å². The second kappa shape index (κ2) is 6.09. The average Bonchev–Trinajstić information content (AvgIpc) is 2.27. The van der Waals surface area contributed by atoms with Gasteiger partial charge in [0.1, 0.15) is 0 Å². The van der Waals surface area contributed by atoms with Crippen molar-refractivity contribution in [1.82, 2.24) is 9.71 Å². The fourth-order valence-electron chi connectivity index (χ4n) is 1.50. The Morgan fingerprint density at radius 2 is 2.12 bits per heavy atom. The molecule has 17 heavy (non-hydrogen) atoms. The highest BCUT2D eigenvalue weighted by Crippen LogP contribution is 2.07. The zero-order chi connectivity index (χ0) is 12.9. The van der Waals surface area contributed by atoms with Crippen LogP contribution in [-0.4, -0.2) is 31.2 Å². The molecule has 2 N–H and O–H groups in total. The van der Waals surface area contributed by atoms with Crippen LogP contribution in [-0.2, 0) is 10.0 Å². The first-order chi connectivity index (χ1) is 7.92. The van der Waals surface area contributed by atoms with E-state index in [9.17, 15) is 13.5 Å². The number of nitrogens with one attached hydrogen (secondary N) is 1. The van der Waals surface area contributed by atoms with Crippen molar-refractivity contribution in [1.29, 1.82) is 0 Å². The summed E-state index contributed by atoms with van der Waals surface area (Å²) in [6.45, 7) is 3.86. The molecule has 1 rings (SSSR count). The third-order valence-electron chi connectivity index (χ3n) is 2.28. The Morgan fingerprint density at radius 3 is 2.65 bits per heavy atom. The van der Waals surface area contributed by atoms with Gasteiger partial charge in [0, 0.05) is 12.7 Å². The summed E-state index contributed by atoms with van der Waals surface area (Å²) in [5, 5.41) is 9.20. The summed E-state index contributed by atoms with van der Waals surface area (Å²) < 4.78 is 26.1. The lowest BCUT2D eigenvalue weighted by Crippen LogP contribution is -2.30. The number of hydrogen-bond acceptors (Lipinski definition) is 4. The molecule has 0 radical (unpaired) electrons. The predicted octanol–water partition coefficient (Wildman–Crippen LogP) is 0.767. The lowest BCUT2D eigenvalue weighted by atomic mass is 10.1. The van der Waals surface area contributed by atoms with Gasteiger partial charge >= 0.3 is 0 Å². The van der Waals surface area contributed by atoms with Crippen LogP contribution < -0.4 is 4.72 Å². The van der Waals surface area contributed by atoms with Gasteiger partial charge in [0.05, 0.1) is 6.10 Å². The molecule has 0 aliphatic heterocycles. The molecule has 0 aliphatic carbocycles. The highest BCUT2D eigenvalue weighted by Gasteiger charge is 2.16. The second-order valence-electron chi connectivity index (χ2n) is 4.21. The molecule has 5 nitrogen and oxygen atoms in total. The van der Waals surface area contributed by atoms with E-state index in [1.165, 1.54) is 12.3 Å². The zero-order valence-corrected chi connectivity index (χ0v) is 10.8. The summed E-state index contributed by atoms with van der Waals surface area (Å²) >= 11 is 0. The standard InChI is InChI=1S/C11H18N2O3S/c1-9(7-10(2)14)8-13-17(15,16)11-5-3-4-6-12-11/h3-6,9-10,13-14H,7-8H2,1-2H3. The summed E-state index contributed by atoms with van der Waals surface area (Å²) in [6.07, 6.45) is 1.57. The van der Waals surface area contributed by atoms with Gasteiger partial charge in [0.25, 0.3) is 10.0 Å². The molecule has 1 aromatic rings. The summed E-state index contributed by atoms with van der Waals surface area (Å²) in [5.41, 5.74) is 0. The number of aliphatic hydroxyl groups excluding tert-OH is 1. The van der Waals surface area contributed by atoms with Gasteiger partial charge in [-0.1, -0.05) is 13.0 Å². The van der Waals surface area contributed by atoms with E-state index in [4.69, 9.17) is 0 Å². The molecule has 0 aromatic carbocycles. The lowest BCUT2D eigenvalue weighted by molar-refractivity contribution is 0.165. The number of rotatable bonds is 6. The Bertz CT molecular complexity index is 431. The number of sulfonamides is 1. The first-order valence-corrected chi connectivity index (χ1v) is 6.99. The van der Waals surface area contributed by atoms with Crippen molar-refractivity contribution in [3.05, 3.63) is 24.4 Å². The maximum absolute atomic E-state index is 11.8. The SMILES string of the molecule is CC(O)CC(C)CNS(=O)(=O)c1ccccn1. The predicted molar refractivity (Wildman–Crippen MR) is 64.9 cm³/mol. The Kier molecular flexibility index (Phi) is 5.04. The van der Waals surface area contributed by atoms with Gasteiger partial charge in [-0.05, 0) is 31.4 Å². The van der Waals surface area contributed by atoms with E-state index in [0.717, 1.165) is 0 Å². The molecule has 0 spiro atoms. The van der Waals surface area contributed by atoms with E-state index in [-0.39, 0.29) is 10.9 Å². The summed E-state index contributed by atoms with van der Waals surface area (Å²) in [6, 6.07) is 4.73. The Balaban J connectivity index is 2.57. The van der Waals surface area contributed by atoms with Crippen LogP contribution in [0.25, 0.3) is 0 Å². The number of aliphatic hydroxyl groups is 1. The number of aromatic nitrogens is 1. The van der Waals surface area contributed by atoms with Crippen molar-refractivity contribution in [2.24, 2.45) is 5.92 Å². The van der Waals surface area contributed by atoms with Crippen molar-refractivity contribution in [2.75, 3.05) is 6.54 Å². The third-order valence-corrected chi connectivity index (χ3v) is 3.62. The molecule has 1 heterocycles. The maximum atomic E-state index is 11.8. The van der Waals surface area contributed by atoms with E-state index in [1.807, 2.05) is 6.92 Å². The largest absolute Gasteiger partial charge is 0.393 e. The minimum Gasteiger partial charge on any atom is -0.393 e. The molecule has 2 atom stereocenters. The Hall–Kier alpha value is -0.980. The van der Waals surface area contributed by atoms with Gasteiger partial charge in [0.2, 0.25) is 0 Å². The molecular formula is C11H18N2O3S. The molecule has 0 saturated carbocycles. The second-order valence-corrected chi connectivity index (χ2v) is 5.92. The van der Waals surface area contributed by atoms with Crippen molar-refractivity contribution in [2.45, 2.75) is 31.4 Å². The smallest absolute Gasteiger partial charge is 0.258 e. The van der Waals surface area contributed by atoms with Crippen molar-refractivity contribution >= 4 is 10.0 Å². The van der Waals surface area contributed by atoms with Crippen molar-refractivity contribution < 1.29 is 13.5 Å². The summed E-state index contributed by atoms with van der Waals surface area (Å²) in [5.74, 6) is 0.0773. The highest BCUT2D eigenvalue weighted by molar-refractivity contribution is 7.89. The van der Waals surface area contributed by atoms with Crippen LogP contribution in [0.3, 0.4) is 0 Å². The van der Waals surface area contributed by atoms with E-state index in [0.29, 0.717) is 13.0 Å². The van der Waals surface area contributed by atoms with Gasteiger partial charge < -0.3 is 5.11 Å². The van der Waals surface area contributed by atoms with E-state index >= 15 is 0 Å². The topological polar surface area (TPSA) is 79.3 Å². The van der Waals surface area contributed by atoms with E-state index in [1.54, 1.807) is 19.1 Å². The number of nitrogens with zero attached hydrogens (tertiary/aromatic N) is 1. The fourth-order valence-corrected chi connectivity index (χ4v) is 2.61. The quantitative estimate of drug-likeness (QED) is 0.790. The minimum absolute atomic E-state index is 0.0178. The lowest BCUT2D eigenvalue weighted by Gasteiger charge is -2.14. The van der Waals surface area contributed by atoms with Gasteiger partial charge in [-0.25, -0.2) is 18.1 Å². The van der Waals surface area contributed by atoms with E-state index in [2.05, 4.69) is 9.71 Å². The van der Waals surface area contributed by atoms with Crippen molar-refractivity contribution in [3.63, 3.8) is 0 Å². The minimum atomic E-state index is -3.53. The molecule has 0 saturated heterocycles. The molecule has 0 fully saturated rings. The zero-order valence-electron chi connectivity index (χ0n) is 10.00. The Morgan fingerprint density at radius 1 is 1.41 bits per heavy atom. The van der Waals surface area contributed by atoms with Crippen LogP contribution in [0, 0.1) is 5.92 Å². The summed E-state index contributed by atoms with van der Waals surface area (Å²) in [7, 11) is -3.53. The highest BCUT2D eigenvalue weighted by atomic mass is 32.2. The molecule has 2 unspecified atom stereocenters. The van der Waals surface area contributed by atoms with Crippen LogP contribution in [0.15, 0.2) is 29.4 Å². The van der Waals surface area contributed by atoms with Gasteiger partial charge in [-0.2, -0.15) is 0 Å². The monoisotopic (exact) mass is 258 g/mol. The van der Waals surface area contributed by atoms with Crippen LogP contribution in [0.4, 0.5) is 0 Å². The van der Waals surface area contributed by atoms with E-state index < -0.39 is 16.1 Å². The van der Waals surface area contributed by atoms with Crippen molar-refractivity contribution in [3.8, 4) is 0 Å². The average molecular weight is 258 g/mol. The number of pyridine rings is 1. The fraction of sp³-hybridized carbons (Fsp3) is 0.545. The molecule has 0 amide bonds. The third kappa shape index (κ3) is 4.80. The maximum Gasteiger partial charge on any atom is 0.258 e. The summed E-state index contributed by atoms with van der Waals surface area (Å²) in [4.78, 5) is 3.79.